The van der Waals surface area contributed by atoms with E-state index in [0.717, 1.165) is 48.1 Å². The monoisotopic (exact) mass is 369 g/mol. The Morgan fingerprint density at radius 1 is 1.38 bits per heavy atom. The van der Waals surface area contributed by atoms with Crippen molar-refractivity contribution < 1.29 is 9.47 Å². The predicted molar refractivity (Wildman–Crippen MR) is 90.8 cm³/mol. The van der Waals surface area contributed by atoms with E-state index in [2.05, 4.69) is 15.9 Å². The molecule has 1 spiro atoms. The Morgan fingerprint density at radius 2 is 2.14 bits per heavy atom. The molecule has 114 valence electrons. The molecular weight excluding hydrogens is 350 g/mol. The molecule has 0 bridgehead atoms. The maximum atomic E-state index is 6.22. The maximum Gasteiger partial charge on any atom is 0.129 e. The molecule has 3 nitrogen and oxygen atoms in total. The minimum Gasteiger partial charge on any atom is -0.489 e. The lowest BCUT2D eigenvalue weighted by atomic mass is 9.90. The molecule has 2 N–H and O–H groups in total. The van der Waals surface area contributed by atoms with Crippen LogP contribution in [0.25, 0.3) is 0 Å². The van der Waals surface area contributed by atoms with Crippen LogP contribution in [-0.2, 0) is 4.74 Å². The molecule has 1 aliphatic carbocycles. The van der Waals surface area contributed by atoms with Crippen molar-refractivity contribution in [1.82, 2.24) is 0 Å². The lowest BCUT2D eigenvalue weighted by molar-refractivity contribution is -0.108. The Bertz CT molecular complexity index is 543. The summed E-state index contributed by atoms with van der Waals surface area (Å²) >= 11 is 8.58. The van der Waals surface area contributed by atoms with Gasteiger partial charge in [0.05, 0.1) is 17.8 Å². The van der Waals surface area contributed by atoms with Gasteiger partial charge in [-0.15, -0.1) is 0 Å². The number of benzene rings is 1. The fourth-order valence-electron chi connectivity index (χ4n) is 3.43. The first-order valence-electron chi connectivity index (χ1n) is 7.48. The van der Waals surface area contributed by atoms with E-state index in [4.69, 9.17) is 27.4 Å². The van der Waals surface area contributed by atoms with Gasteiger partial charge in [-0.2, -0.15) is 0 Å². The molecule has 3 rings (SSSR count). The molecule has 1 atom stereocenters. The zero-order valence-electron chi connectivity index (χ0n) is 11.9. The molecule has 0 radical (unpaired) electrons. The van der Waals surface area contributed by atoms with Crippen LogP contribution in [0.2, 0.25) is 0 Å². The lowest BCUT2D eigenvalue weighted by Gasteiger charge is -2.38. The van der Waals surface area contributed by atoms with Crippen molar-refractivity contribution in [3.63, 3.8) is 0 Å². The van der Waals surface area contributed by atoms with Gasteiger partial charge in [0.1, 0.15) is 16.8 Å². The van der Waals surface area contributed by atoms with Crippen molar-refractivity contribution in [1.29, 1.82) is 0 Å². The largest absolute Gasteiger partial charge is 0.489 e. The summed E-state index contributed by atoms with van der Waals surface area (Å²) in [6.45, 7) is 0.781. The van der Waals surface area contributed by atoms with Gasteiger partial charge in [0, 0.05) is 17.3 Å². The second-order valence-electron chi connectivity index (χ2n) is 5.98. The standard InChI is InChI=1S/C16H20BrNO2S/c17-11-3-4-14(13(9-11)15(18)21)20-12-5-8-19-16(10-12)6-1-2-7-16/h3-4,9,12H,1-2,5-8,10H2,(H2,18,21). The summed E-state index contributed by atoms with van der Waals surface area (Å²) in [5, 5.41) is 0. The van der Waals surface area contributed by atoms with Gasteiger partial charge in [-0.25, -0.2) is 0 Å². The van der Waals surface area contributed by atoms with Crippen molar-refractivity contribution in [3.8, 4) is 5.75 Å². The zero-order valence-corrected chi connectivity index (χ0v) is 14.3. The van der Waals surface area contributed by atoms with Gasteiger partial charge in [-0.1, -0.05) is 41.0 Å². The van der Waals surface area contributed by atoms with E-state index in [9.17, 15) is 0 Å². The van der Waals surface area contributed by atoms with Crippen molar-refractivity contribution in [3.05, 3.63) is 28.2 Å². The van der Waals surface area contributed by atoms with Gasteiger partial charge in [0.15, 0.2) is 0 Å². The van der Waals surface area contributed by atoms with Gasteiger partial charge < -0.3 is 15.2 Å². The van der Waals surface area contributed by atoms with E-state index in [1.165, 1.54) is 12.8 Å². The van der Waals surface area contributed by atoms with Crippen LogP contribution >= 0.6 is 28.1 Å². The van der Waals surface area contributed by atoms with Crippen LogP contribution in [0.4, 0.5) is 0 Å². The van der Waals surface area contributed by atoms with Gasteiger partial charge >= 0.3 is 0 Å². The van der Waals surface area contributed by atoms with E-state index >= 15 is 0 Å². The van der Waals surface area contributed by atoms with Crippen molar-refractivity contribution in [2.24, 2.45) is 5.73 Å². The molecule has 1 aromatic carbocycles. The van der Waals surface area contributed by atoms with Crippen molar-refractivity contribution >= 4 is 33.1 Å². The van der Waals surface area contributed by atoms with Gasteiger partial charge in [0.2, 0.25) is 0 Å². The Balaban J connectivity index is 1.75. The first kappa shape index (κ1) is 15.3. The zero-order chi connectivity index (χ0) is 14.9. The summed E-state index contributed by atoms with van der Waals surface area (Å²) in [5.74, 6) is 0.783. The van der Waals surface area contributed by atoms with Crippen LogP contribution in [0.5, 0.6) is 5.75 Å². The van der Waals surface area contributed by atoms with E-state index in [1.807, 2.05) is 18.2 Å². The molecule has 0 aromatic heterocycles. The van der Waals surface area contributed by atoms with Gasteiger partial charge in [0.25, 0.3) is 0 Å². The van der Waals surface area contributed by atoms with Crippen LogP contribution < -0.4 is 10.5 Å². The molecule has 2 fully saturated rings. The first-order valence-corrected chi connectivity index (χ1v) is 8.68. The average Bonchev–Trinajstić information content (AvgIpc) is 2.88. The summed E-state index contributed by atoms with van der Waals surface area (Å²) < 4.78 is 13.2. The second-order valence-corrected chi connectivity index (χ2v) is 7.33. The van der Waals surface area contributed by atoms with Gasteiger partial charge in [-0.05, 0) is 31.0 Å². The number of nitrogens with two attached hydrogens (primary N) is 1. The van der Waals surface area contributed by atoms with E-state index in [0.29, 0.717) is 4.99 Å². The highest BCUT2D eigenvalue weighted by Gasteiger charge is 2.40. The fraction of sp³-hybridized carbons (Fsp3) is 0.562. The lowest BCUT2D eigenvalue weighted by Crippen LogP contribution is -2.41. The summed E-state index contributed by atoms with van der Waals surface area (Å²) in [4.78, 5) is 0.369. The Hall–Kier alpha value is -0.650. The second kappa shape index (κ2) is 6.23. The summed E-state index contributed by atoms with van der Waals surface area (Å²) in [7, 11) is 0. The average molecular weight is 370 g/mol. The Morgan fingerprint density at radius 3 is 2.86 bits per heavy atom. The summed E-state index contributed by atoms with van der Waals surface area (Å²) in [5.41, 5.74) is 6.66. The molecule has 1 unspecified atom stereocenters. The third kappa shape index (κ3) is 3.41. The SMILES string of the molecule is NC(=S)c1cc(Br)ccc1OC1CCOC2(CCCC2)C1. The highest BCUT2D eigenvalue weighted by Crippen LogP contribution is 2.41. The molecule has 0 amide bonds. The fourth-order valence-corrected chi connectivity index (χ4v) is 3.95. The maximum absolute atomic E-state index is 6.22. The third-order valence-corrected chi connectivity index (χ3v) is 5.18. The number of hydrogen-bond donors (Lipinski definition) is 1. The first-order chi connectivity index (χ1) is 10.1. The number of thiocarbonyl (C=S) groups is 1. The van der Waals surface area contributed by atoms with Gasteiger partial charge in [-0.3, -0.25) is 0 Å². The van der Waals surface area contributed by atoms with E-state index in [1.54, 1.807) is 0 Å². The Labute approximate surface area is 139 Å². The molecule has 21 heavy (non-hydrogen) atoms. The molecule has 1 aromatic rings. The van der Waals surface area contributed by atoms with Crippen LogP contribution in [-0.4, -0.2) is 23.3 Å². The molecule has 1 saturated heterocycles. The Kier molecular flexibility index (Phi) is 4.52. The van der Waals surface area contributed by atoms with E-state index in [-0.39, 0.29) is 11.7 Å². The van der Waals surface area contributed by atoms with E-state index < -0.39 is 0 Å². The minimum atomic E-state index is 0.0572. The summed E-state index contributed by atoms with van der Waals surface area (Å²) in [6.07, 6.45) is 6.94. The van der Waals surface area contributed by atoms with Crippen LogP contribution in [0.1, 0.15) is 44.1 Å². The molecule has 1 heterocycles. The predicted octanol–water partition coefficient (Wildman–Crippen LogP) is 3.95. The van der Waals surface area contributed by atoms with Crippen LogP contribution in [0.3, 0.4) is 0 Å². The molecule has 1 saturated carbocycles. The third-order valence-electron chi connectivity index (χ3n) is 4.46. The van der Waals surface area contributed by atoms with Crippen LogP contribution in [0.15, 0.2) is 22.7 Å². The minimum absolute atomic E-state index is 0.0572. The summed E-state index contributed by atoms with van der Waals surface area (Å²) in [6, 6.07) is 5.82. The highest BCUT2D eigenvalue weighted by molar-refractivity contribution is 9.10. The number of halogens is 1. The smallest absolute Gasteiger partial charge is 0.129 e. The topological polar surface area (TPSA) is 44.5 Å². The quantitative estimate of drug-likeness (QED) is 0.819. The number of ether oxygens (including phenoxy) is 2. The molecule has 5 heteroatoms. The van der Waals surface area contributed by atoms with Crippen molar-refractivity contribution in [2.75, 3.05) is 6.61 Å². The molecular formula is C16H20BrNO2S. The molecule has 1 aliphatic heterocycles. The number of rotatable bonds is 3. The highest BCUT2D eigenvalue weighted by atomic mass is 79.9. The number of hydrogen-bond acceptors (Lipinski definition) is 3. The molecule has 2 aliphatic rings. The van der Waals surface area contributed by atoms with Crippen molar-refractivity contribution in [2.45, 2.75) is 50.2 Å². The normalized spacial score (nSPS) is 24.1. The van der Waals surface area contributed by atoms with Crippen LogP contribution in [0, 0.1) is 0 Å².